The van der Waals surface area contributed by atoms with Gasteiger partial charge in [0.15, 0.2) is 0 Å². The first-order valence-corrected chi connectivity index (χ1v) is 9.77. The van der Waals surface area contributed by atoms with Gasteiger partial charge in [-0.1, -0.05) is 61.5 Å². The molecule has 0 radical (unpaired) electrons. The molecule has 0 fully saturated rings. The first-order chi connectivity index (χ1) is 14.5. The van der Waals surface area contributed by atoms with Gasteiger partial charge in [-0.3, -0.25) is 9.59 Å². The van der Waals surface area contributed by atoms with Gasteiger partial charge in [0.1, 0.15) is 0 Å². The lowest BCUT2D eigenvalue weighted by Gasteiger charge is -2.19. The van der Waals surface area contributed by atoms with Gasteiger partial charge in [0.05, 0.1) is 18.2 Å². The Balaban J connectivity index is 1.80. The van der Waals surface area contributed by atoms with Crippen LogP contribution in [0.3, 0.4) is 0 Å². The number of nitriles is 1. The van der Waals surface area contributed by atoms with Crippen molar-refractivity contribution < 1.29 is 9.59 Å². The molecule has 0 saturated heterocycles. The number of nitrogens with zero attached hydrogens (tertiary/aromatic N) is 2. The van der Waals surface area contributed by atoms with Crippen LogP contribution in [-0.4, -0.2) is 30.3 Å². The van der Waals surface area contributed by atoms with E-state index in [4.69, 9.17) is 0 Å². The number of carbonyl (C=O) groups excluding carboxylic acids is 2. The zero-order valence-electron chi connectivity index (χ0n) is 17.1. The van der Waals surface area contributed by atoms with Gasteiger partial charge >= 0.3 is 0 Å². The molecule has 1 N–H and O–H groups in total. The molecule has 0 spiro atoms. The summed E-state index contributed by atoms with van der Waals surface area (Å²) in [6.07, 6.45) is 0.802. The predicted molar refractivity (Wildman–Crippen MR) is 118 cm³/mol. The maximum atomic E-state index is 13.1. The summed E-state index contributed by atoms with van der Waals surface area (Å²) >= 11 is 0. The van der Waals surface area contributed by atoms with Gasteiger partial charge in [0, 0.05) is 23.9 Å². The minimum atomic E-state index is -0.280. The minimum Gasteiger partial charge on any atom is -0.332 e. The van der Waals surface area contributed by atoms with E-state index in [9.17, 15) is 14.9 Å². The SMILES string of the molecule is CCc1ccccc1NC(=O)CN(C)C(=O)c1ccccc1-c1ccccc1C#N. The fourth-order valence-electron chi connectivity index (χ4n) is 3.35. The third kappa shape index (κ3) is 4.56. The molecule has 30 heavy (non-hydrogen) atoms. The van der Waals surface area contributed by atoms with E-state index in [-0.39, 0.29) is 18.4 Å². The van der Waals surface area contributed by atoms with E-state index >= 15 is 0 Å². The van der Waals surface area contributed by atoms with Crippen molar-refractivity contribution in [2.45, 2.75) is 13.3 Å². The molecular formula is C25H23N3O2. The van der Waals surface area contributed by atoms with Gasteiger partial charge in [-0.25, -0.2) is 0 Å². The Bertz CT molecular complexity index is 1120. The molecule has 5 heteroatoms. The predicted octanol–water partition coefficient (Wildman–Crippen LogP) is 4.50. The van der Waals surface area contributed by atoms with E-state index in [1.165, 1.54) is 4.90 Å². The number of hydrogen-bond donors (Lipinski definition) is 1. The standard InChI is InChI=1S/C25H23N3O2/c1-3-18-10-5-9-15-23(18)27-24(29)17-28(2)25(30)22-14-8-7-13-21(22)20-12-6-4-11-19(20)16-26/h4-15H,3,17H2,1-2H3,(H,27,29). The highest BCUT2D eigenvalue weighted by Crippen LogP contribution is 2.27. The van der Waals surface area contributed by atoms with Crippen LogP contribution in [0.5, 0.6) is 0 Å². The van der Waals surface area contributed by atoms with E-state index in [1.807, 2.05) is 55.5 Å². The molecule has 0 atom stereocenters. The summed E-state index contributed by atoms with van der Waals surface area (Å²) in [5.74, 6) is -0.543. The number of nitrogens with one attached hydrogen (secondary N) is 1. The van der Waals surface area contributed by atoms with E-state index in [2.05, 4.69) is 11.4 Å². The van der Waals surface area contributed by atoms with E-state index in [1.54, 1.807) is 31.3 Å². The van der Waals surface area contributed by atoms with Crippen molar-refractivity contribution in [2.75, 3.05) is 18.9 Å². The number of hydrogen-bond acceptors (Lipinski definition) is 3. The number of aryl methyl sites for hydroxylation is 1. The Hall–Kier alpha value is -3.91. The first kappa shape index (κ1) is 20.8. The van der Waals surface area contributed by atoms with Crippen molar-refractivity contribution in [1.29, 1.82) is 5.26 Å². The molecule has 0 aliphatic carbocycles. The third-order valence-electron chi connectivity index (χ3n) is 4.89. The molecule has 0 saturated carbocycles. The van der Waals surface area contributed by atoms with Crippen molar-refractivity contribution in [3.63, 3.8) is 0 Å². The topological polar surface area (TPSA) is 73.2 Å². The van der Waals surface area contributed by atoms with Gasteiger partial charge in [0.25, 0.3) is 5.91 Å². The normalized spacial score (nSPS) is 10.2. The molecule has 0 unspecified atom stereocenters. The number of rotatable bonds is 6. The van der Waals surface area contributed by atoms with Crippen LogP contribution in [0.1, 0.15) is 28.4 Å². The van der Waals surface area contributed by atoms with Crippen LogP contribution in [0, 0.1) is 11.3 Å². The summed E-state index contributed by atoms with van der Waals surface area (Å²) in [4.78, 5) is 27.0. The van der Waals surface area contributed by atoms with Crippen molar-refractivity contribution in [3.05, 3.63) is 89.5 Å². The number of likely N-dealkylation sites (N-methyl/N-ethyl adjacent to an activating group) is 1. The second kappa shape index (κ2) is 9.53. The highest BCUT2D eigenvalue weighted by Gasteiger charge is 2.20. The molecule has 0 heterocycles. The van der Waals surface area contributed by atoms with Crippen molar-refractivity contribution in [2.24, 2.45) is 0 Å². The van der Waals surface area contributed by atoms with E-state index in [0.717, 1.165) is 17.7 Å². The summed E-state index contributed by atoms with van der Waals surface area (Å²) in [5, 5.41) is 12.3. The monoisotopic (exact) mass is 397 g/mol. The zero-order chi connectivity index (χ0) is 21.5. The number of amides is 2. The molecule has 5 nitrogen and oxygen atoms in total. The number of anilines is 1. The van der Waals surface area contributed by atoms with Crippen LogP contribution in [0.25, 0.3) is 11.1 Å². The number of benzene rings is 3. The van der Waals surface area contributed by atoms with Crippen LogP contribution in [0.2, 0.25) is 0 Å². The highest BCUT2D eigenvalue weighted by atomic mass is 16.2. The highest BCUT2D eigenvalue weighted by molar-refractivity contribution is 6.03. The number of carbonyl (C=O) groups is 2. The largest absolute Gasteiger partial charge is 0.332 e. The fourth-order valence-corrected chi connectivity index (χ4v) is 3.35. The Morgan fingerprint density at radius 3 is 2.30 bits per heavy atom. The molecule has 3 rings (SSSR count). The summed E-state index contributed by atoms with van der Waals surface area (Å²) in [5.41, 5.74) is 4.10. The van der Waals surface area contributed by atoms with Crippen LogP contribution >= 0.6 is 0 Å². The van der Waals surface area contributed by atoms with Gasteiger partial charge in [-0.2, -0.15) is 5.26 Å². The Morgan fingerprint density at radius 1 is 0.933 bits per heavy atom. The Kier molecular flexibility index (Phi) is 6.61. The second-order valence-corrected chi connectivity index (χ2v) is 6.92. The van der Waals surface area contributed by atoms with Crippen molar-refractivity contribution in [1.82, 2.24) is 4.90 Å². The van der Waals surface area contributed by atoms with Crippen LogP contribution in [0.15, 0.2) is 72.8 Å². The second-order valence-electron chi connectivity index (χ2n) is 6.92. The summed E-state index contributed by atoms with van der Waals surface area (Å²) < 4.78 is 0. The molecule has 0 aromatic heterocycles. The molecule has 0 aliphatic heterocycles. The first-order valence-electron chi connectivity index (χ1n) is 9.77. The lowest BCUT2D eigenvalue weighted by molar-refractivity contribution is -0.116. The van der Waals surface area contributed by atoms with Gasteiger partial charge < -0.3 is 10.2 Å². The number of para-hydroxylation sites is 1. The molecule has 3 aromatic carbocycles. The minimum absolute atomic E-state index is 0.0783. The summed E-state index contributed by atoms with van der Waals surface area (Å²) in [7, 11) is 1.60. The maximum absolute atomic E-state index is 13.1. The van der Waals surface area contributed by atoms with Crippen molar-refractivity contribution in [3.8, 4) is 17.2 Å². The summed E-state index contributed by atoms with van der Waals surface area (Å²) in [6, 6.07) is 24.1. The molecule has 150 valence electrons. The average Bonchev–Trinajstić information content (AvgIpc) is 2.78. The van der Waals surface area contributed by atoms with E-state index in [0.29, 0.717) is 22.3 Å². The third-order valence-corrected chi connectivity index (χ3v) is 4.89. The zero-order valence-corrected chi connectivity index (χ0v) is 17.1. The van der Waals surface area contributed by atoms with Crippen LogP contribution in [-0.2, 0) is 11.2 Å². The molecule has 3 aromatic rings. The fraction of sp³-hybridized carbons (Fsp3) is 0.160. The van der Waals surface area contributed by atoms with Gasteiger partial charge in [-0.05, 0) is 35.7 Å². The quantitative estimate of drug-likeness (QED) is 0.666. The lowest BCUT2D eigenvalue weighted by atomic mass is 9.95. The average molecular weight is 397 g/mol. The molecule has 0 aliphatic rings. The van der Waals surface area contributed by atoms with E-state index < -0.39 is 0 Å². The molecule has 0 bridgehead atoms. The van der Waals surface area contributed by atoms with Crippen molar-refractivity contribution >= 4 is 17.5 Å². The van der Waals surface area contributed by atoms with Gasteiger partial charge in [0.2, 0.25) is 5.91 Å². The van der Waals surface area contributed by atoms with Gasteiger partial charge in [-0.15, -0.1) is 0 Å². The maximum Gasteiger partial charge on any atom is 0.254 e. The smallest absolute Gasteiger partial charge is 0.254 e. The lowest BCUT2D eigenvalue weighted by Crippen LogP contribution is -2.35. The molecular weight excluding hydrogens is 374 g/mol. The Morgan fingerprint density at radius 2 is 1.57 bits per heavy atom. The van der Waals surface area contributed by atoms with Crippen LogP contribution in [0.4, 0.5) is 5.69 Å². The van der Waals surface area contributed by atoms with Crippen LogP contribution < -0.4 is 5.32 Å². The molecule has 2 amide bonds. The summed E-state index contributed by atoms with van der Waals surface area (Å²) in [6.45, 7) is 1.95. The Labute approximate surface area is 176 Å².